The van der Waals surface area contributed by atoms with Gasteiger partial charge in [-0.1, -0.05) is 13.0 Å². The molecule has 1 rings (SSSR count). The van der Waals surface area contributed by atoms with Gasteiger partial charge in [0.2, 0.25) is 0 Å². The van der Waals surface area contributed by atoms with Gasteiger partial charge in [-0.15, -0.1) is 11.8 Å². The summed E-state index contributed by atoms with van der Waals surface area (Å²) in [7, 11) is 0. The first kappa shape index (κ1) is 10.4. The smallest absolute Gasteiger partial charge is 0.116 e. The van der Waals surface area contributed by atoms with Gasteiger partial charge in [0.25, 0.3) is 0 Å². The minimum atomic E-state index is 0.214. The summed E-state index contributed by atoms with van der Waals surface area (Å²) < 4.78 is 0. The van der Waals surface area contributed by atoms with Gasteiger partial charge in [-0.3, -0.25) is 0 Å². The molecule has 1 aromatic rings. The van der Waals surface area contributed by atoms with Gasteiger partial charge in [0.1, 0.15) is 5.75 Å². The number of phenolic OH excluding ortho intramolecular Hbond substituents is 1. The molecule has 0 aliphatic rings. The fourth-order valence-corrected chi connectivity index (χ4v) is 1.83. The van der Waals surface area contributed by atoms with E-state index in [1.54, 1.807) is 23.9 Å². The highest BCUT2D eigenvalue weighted by Gasteiger charge is 2.01. The first-order valence-electron chi connectivity index (χ1n) is 4.25. The summed E-state index contributed by atoms with van der Waals surface area (Å²) in [4.78, 5) is 1.04. The molecule has 1 unspecified atom stereocenters. The molecule has 1 aromatic carbocycles. The summed E-state index contributed by atoms with van der Waals surface area (Å²) in [6, 6.07) is 7.16. The third kappa shape index (κ3) is 3.70. The summed E-state index contributed by atoms with van der Waals surface area (Å²) in [5.41, 5.74) is 0. The zero-order valence-corrected chi connectivity index (χ0v) is 8.42. The van der Waals surface area contributed by atoms with Crippen molar-refractivity contribution in [2.45, 2.75) is 11.8 Å². The lowest BCUT2D eigenvalue weighted by atomic mass is 10.2. The Hall–Kier alpha value is -0.670. The molecule has 0 fully saturated rings. The molecule has 3 heteroatoms. The quantitative estimate of drug-likeness (QED) is 0.728. The van der Waals surface area contributed by atoms with Crippen LogP contribution in [0, 0.1) is 5.92 Å². The number of rotatable bonds is 4. The van der Waals surface area contributed by atoms with Gasteiger partial charge in [0, 0.05) is 17.3 Å². The monoisotopic (exact) mass is 198 g/mol. The van der Waals surface area contributed by atoms with Crippen molar-refractivity contribution in [1.82, 2.24) is 0 Å². The van der Waals surface area contributed by atoms with Crippen LogP contribution in [-0.2, 0) is 0 Å². The highest BCUT2D eigenvalue weighted by Crippen LogP contribution is 2.23. The molecule has 0 bridgehead atoms. The first-order chi connectivity index (χ1) is 6.22. The second-order valence-electron chi connectivity index (χ2n) is 3.10. The highest BCUT2D eigenvalue weighted by molar-refractivity contribution is 7.99. The average molecular weight is 198 g/mol. The predicted molar refractivity (Wildman–Crippen MR) is 55.1 cm³/mol. The van der Waals surface area contributed by atoms with Crippen molar-refractivity contribution >= 4 is 11.8 Å². The van der Waals surface area contributed by atoms with E-state index < -0.39 is 0 Å². The summed E-state index contributed by atoms with van der Waals surface area (Å²) in [6.45, 7) is 2.21. The molecule has 72 valence electrons. The first-order valence-corrected chi connectivity index (χ1v) is 5.23. The molecule has 13 heavy (non-hydrogen) atoms. The van der Waals surface area contributed by atoms with Crippen molar-refractivity contribution in [1.29, 1.82) is 0 Å². The molecule has 0 aliphatic carbocycles. The Bertz CT molecular complexity index is 263. The second-order valence-corrected chi connectivity index (χ2v) is 4.19. The molecule has 1 atom stereocenters. The lowest BCUT2D eigenvalue weighted by molar-refractivity contribution is 0.250. The van der Waals surface area contributed by atoms with Crippen LogP contribution in [0.15, 0.2) is 29.2 Å². The van der Waals surface area contributed by atoms with E-state index in [0.29, 0.717) is 11.7 Å². The number of hydrogen-bond donors (Lipinski definition) is 2. The van der Waals surface area contributed by atoms with Crippen LogP contribution in [0.1, 0.15) is 6.92 Å². The van der Waals surface area contributed by atoms with E-state index in [4.69, 9.17) is 5.11 Å². The van der Waals surface area contributed by atoms with E-state index in [-0.39, 0.29) is 6.61 Å². The SMILES string of the molecule is CC(CO)CSc1cccc(O)c1. The van der Waals surface area contributed by atoms with Crippen LogP contribution >= 0.6 is 11.8 Å². The minimum Gasteiger partial charge on any atom is -0.508 e. The Labute approximate surface area is 82.6 Å². The Morgan fingerprint density at radius 2 is 2.23 bits per heavy atom. The van der Waals surface area contributed by atoms with Crippen molar-refractivity contribution in [2.75, 3.05) is 12.4 Å². The molecule has 0 saturated heterocycles. The van der Waals surface area contributed by atoms with Crippen LogP contribution < -0.4 is 0 Å². The van der Waals surface area contributed by atoms with Gasteiger partial charge >= 0.3 is 0 Å². The molecule has 0 amide bonds. The van der Waals surface area contributed by atoms with Crippen molar-refractivity contribution < 1.29 is 10.2 Å². The lowest BCUT2D eigenvalue weighted by Gasteiger charge is -2.06. The van der Waals surface area contributed by atoms with Crippen LogP contribution in [-0.4, -0.2) is 22.6 Å². The van der Waals surface area contributed by atoms with E-state index >= 15 is 0 Å². The van der Waals surface area contributed by atoms with Gasteiger partial charge in [0.05, 0.1) is 0 Å². The highest BCUT2D eigenvalue weighted by atomic mass is 32.2. The standard InChI is InChI=1S/C10H14O2S/c1-8(6-11)7-13-10-4-2-3-9(12)5-10/h2-5,8,11-12H,6-7H2,1H3. The molecular weight excluding hydrogens is 184 g/mol. The van der Waals surface area contributed by atoms with E-state index in [1.165, 1.54) is 0 Å². The lowest BCUT2D eigenvalue weighted by Crippen LogP contribution is -2.02. The summed E-state index contributed by atoms with van der Waals surface area (Å²) in [6.07, 6.45) is 0. The Morgan fingerprint density at radius 1 is 1.46 bits per heavy atom. The number of hydrogen-bond acceptors (Lipinski definition) is 3. The summed E-state index contributed by atoms with van der Waals surface area (Å²) in [5.74, 6) is 1.47. The van der Waals surface area contributed by atoms with Crippen LogP contribution in [0.3, 0.4) is 0 Å². The van der Waals surface area contributed by atoms with Gasteiger partial charge in [-0.2, -0.15) is 0 Å². The Kier molecular flexibility index (Phi) is 4.12. The molecule has 2 N–H and O–H groups in total. The van der Waals surface area contributed by atoms with Gasteiger partial charge in [-0.05, 0) is 24.1 Å². The number of benzene rings is 1. The third-order valence-corrected chi connectivity index (χ3v) is 2.99. The number of aromatic hydroxyl groups is 1. The molecule has 2 nitrogen and oxygen atoms in total. The van der Waals surface area contributed by atoms with Crippen molar-refractivity contribution in [3.63, 3.8) is 0 Å². The number of aliphatic hydroxyl groups excluding tert-OH is 1. The van der Waals surface area contributed by atoms with E-state index in [0.717, 1.165) is 10.6 Å². The molecule has 0 heterocycles. The molecule has 0 radical (unpaired) electrons. The number of phenols is 1. The largest absolute Gasteiger partial charge is 0.508 e. The summed E-state index contributed by atoms with van der Waals surface area (Å²) >= 11 is 1.65. The maximum atomic E-state index is 9.17. The molecule has 0 spiro atoms. The van der Waals surface area contributed by atoms with Crippen LogP contribution in [0.4, 0.5) is 0 Å². The zero-order chi connectivity index (χ0) is 9.68. The van der Waals surface area contributed by atoms with Crippen molar-refractivity contribution in [3.05, 3.63) is 24.3 Å². The minimum absolute atomic E-state index is 0.214. The van der Waals surface area contributed by atoms with Gasteiger partial charge in [-0.25, -0.2) is 0 Å². The normalized spacial score (nSPS) is 12.8. The van der Waals surface area contributed by atoms with Gasteiger partial charge < -0.3 is 10.2 Å². The maximum absolute atomic E-state index is 9.17. The zero-order valence-electron chi connectivity index (χ0n) is 7.60. The third-order valence-electron chi connectivity index (χ3n) is 1.66. The van der Waals surface area contributed by atoms with Crippen LogP contribution in [0.5, 0.6) is 5.75 Å². The molecule has 0 aromatic heterocycles. The Balaban J connectivity index is 2.45. The number of aliphatic hydroxyl groups is 1. The molecular formula is C10H14O2S. The maximum Gasteiger partial charge on any atom is 0.116 e. The number of thioether (sulfide) groups is 1. The molecule has 0 aliphatic heterocycles. The van der Waals surface area contributed by atoms with E-state index in [1.807, 2.05) is 19.1 Å². The fourth-order valence-electron chi connectivity index (χ4n) is 0.864. The molecule has 0 saturated carbocycles. The fraction of sp³-hybridized carbons (Fsp3) is 0.400. The average Bonchev–Trinajstić information content (AvgIpc) is 2.14. The van der Waals surface area contributed by atoms with E-state index in [2.05, 4.69) is 0 Å². The second kappa shape index (κ2) is 5.14. The van der Waals surface area contributed by atoms with Crippen LogP contribution in [0.25, 0.3) is 0 Å². The van der Waals surface area contributed by atoms with Gasteiger partial charge in [0.15, 0.2) is 0 Å². The Morgan fingerprint density at radius 3 is 2.85 bits per heavy atom. The van der Waals surface area contributed by atoms with E-state index in [9.17, 15) is 5.11 Å². The van der Waals surface area contributed by atoms with Crippen molar-refractivity contribution in [2.24, 2.45) is 5.92 Å². The predicted octanol–water partition coefficient (Wildman–Crippen LogP) is 2.11. The van der Waals surface area contributed by atoms with Crippen molar-refractivity contribution in [3.8, 4) is 5.75 Å². The summed E-state index contributed by atoms with van der Waals surface area (Å²) in [5, 5.41) is 18.0. The topological polar surface area (TPSA) is 40.5 Å². The van der Waals surface area contributed by atoms with Crippen LogP contribution in [0.2, 0.25) is 0 Å².